The minimum absolute atomic E-state index is 0.362. The van der Waals surface area contributed by atoms with Crippen molar-refractivity contribution in [3.05, 3.63) is 36.2 Å². The third-order valence-electron chi connectivity index (χ3n) is 2.91. The molecule has 4 heteroatoms. The second-order valence-corrected chi connectivity index (χ2v) is 5.86. The van der Waals surface area contributed by atoms with Gasteiger partial charge in [0, 0.05) is 29.7 Å². The van der Waals surface area contributed by atoms with E-state index in [1.165, 1.54) is 4.90 Å². The molecule has 1 heterocycles. The highest BCUT2D eigenvalue weighted by atomic mass is 16.6. The molecule has 1 aromatic heterocycles. The van der Waals surface area contributed by atoms with Crippen LogP contribution in [0, 0.1) is 6.92 Å². The minimum atomic E-state index is -0.507. The van der Waals surface area contributed by atoms with E-state index in [-0.39, 0.29) is 6.09 Å². The molecule has 0 aliphatic heterocycles. The summed E-state index contributed by atoms with van der Waals surface area (Å²) in [4.78, 5) is 18.0. The number of ether oxygens (including phenoxy) is 1. The van der Waals surface area contributed by atoms with Crippen LogP contribution in [0.5, 0.6) is 0 Å². The van der Waals surface area contributed by atoms with Crippen LogP contribution in [0.1, 0.15) is 26.5 Å². The molecule has 0 saturated heterocycles. The summed E-state index contributed by atoms with van der Waals surface area (Å²) in [6.07, 6.45) is 1.45. The van der Waals surface area contributed by atoms with Gasteiger partial charge in [-0.05, 0) is 39.8 Å². The average Bonchev–Trinajstić information content (AvgIpc) is 2.35. The lowest BCUT2D eigenvalue weighted by Gasteiger charge is -2.25. The van der Waals surface area contributed by atoms with Gasteiger partial charge < -0.3 is 4.74 Å². The van der Waals surface area contributed by atoms with Crippen LogP contribution in [-0.2, 0) is 4.74 Å². The molecule has 2 aromatic rings. The Kier molecular flexibility index (Phi) is 3.66. The van der Waals surface area contributed by atoms with E-state index in [9.17, 15) is 4.79 Å². The van der Waals surface area contributed by atoms with Crippen LogP contribution >= 0.6 is 0 Å². The minimum Gasteiger partial charge on any atom is -0.443 e. The molecule has 0 unspecified atom stereocenters. The lowest BCUT2D eigenvalue weighted by Crippen LogP contribution is -2.34. The summed E-state index contributed by atoms with van der Waals surface area (Å²) in [5.74, 6) is 0. The Labute approximate surface area is 119 Å². The van der Waals surface area contributed by atoms with Gasteiger partial charge in [0.1, 0.15) is 5.60 Å². The second-order valence-electron chi connectivity index (χ2n) is 5.86. The van der Waals surface area contributed by atoms with E-state index in [1.807, 2.05) is 58.2 Å². The zero-order valence-electron chi connectivity index (χ0n) is 12.6. The number of fused-ring (bicyclic) bond motifs is 1. The molecule has 1 amide bonds. The molecule has 2 rings (SSSR count). The highest BCUT2D eigenvalue weighted by Gasteiger charge is 2.21. The first-order valence-corrected chi connectivity index (χ1v) is 6.60. The van der Waals surface area contributed by atoms with E-state index in [1.54, 1.807) is 7.05 Å². The first-order chi connectivity index (χ1) is 9.28. The van der Waals surface area contributed by atoms with Crippen LogP contribution in [0.15, 0.2) is 30.5 Å². The van der Waals surface area contributed by atoms with Crippen molar-refractivity contribution in [2.45, 2.75) is 33.3 Å². The fourth-order valence-electron chi connectivity index (χ4n) is 1.98. The highest BCUT2D eigenvalue weighted by Crippen LogP contribution is 2.27. The van der Waals surface area contributed by atoms with Crippen LogP contribution in [0.2, 0.25) is 0 Å². The molecular formula is C16H20N2O2. The van der Waals surface area contributed by atoms with Gasteiger partial charge in [-0.3, -0.25) is 9.88 Å². The Morgan fingerprint density at radius 1 is 1.30 bits per heavy atom. The molecule has 0 N–H and O–H groups in total. The maximum absolute atomic E-state index is 12.2. The molecule has 106 valence electrons. The monoisotopic (exact) mass is 272 g/mol. The summed E-state index contributed by atoms with van der Waals surface area (Å²) in [7, 11) is 1.72. The van der Waals surface area contributed by atoms with Gasteiger partial charge >= 0.3 is 6.09 Å². The first-order valence-electron chi connectivity index (χ1n) is 6.60. The Morgan fingerprint density at radius 2 is 2.00 bits per heavy atom. The Balaban J connectivity index is 2.42. The zero-order chi connectivity index (χ0) is 14.9. The lowest BCUT2D eigenvalue weighted by atomic mass is 10.1. The fraction of sp³-hybridized carbons (Fsp3) is 0.375. The van der Waals surface area contributed by atoms with E-state index >= 15 is 0 Å². The second kappa shape index (κ2) is 5.12. The number of anilines is 1. The molecule has 0 aliphatic rings. The Hall–Kier alpha value is -2.10. The number of hydrogen-bond acceptors (Lipinski definition) is 3. The van der Waals surface area contributed by atoms with E-state index in [4.69, 9.17) is 4.74 Å². The van der Waals surface area contributed by atoms with Crippen molar-refractivity contribution >= 4 is 22.6 Å². The van der Waals surface area contributed by atoms with Crippen LogP contribution < -0.4 is 4.90 Å². The number of aryl methyl sites for hydroxylation is 1. The molecule has 0 atom stereocenters. The van der Waals surface area contributed by atoms with Crippen molar-refractivity contribution in [3.8, 4) is 0 Å². The van der Waals surface area contributed by atoms with Gasteiger partial charge in [-0.25, -0.2) is 4.79 Å². The van der Waals surface area contributed by atoms with Crippen molar-refractivity contribution in [1.82, 2.24) is 4.98 Å². The predicted octanol–water partition coefficient (Wildman–Crippen LogP) is 3.91. The molecule has 0 fully saturated rings. The molecule has 0 saturated carbocycles. The number of pyridine rings is 1. The predicted molar refractivity (Wildman–Crippen MR) is 81.1 cm³/mol. The molecule has 0 spiro atoms. The van der Waals surface area contributed by atoms with Crippen molar-refractivity contribution in [2.24, 2.45) is 0 Å². The summed E-state index contributed by atoms with van der Waals surface area (Å²) >= 11 is 0. The molecule has 0 bridgehead atoms. The van der Waals surface area contributed by atoms with E-state index in [2.05, 4.69) is 4.98 Å². The molecular weight excluding hydrogens is 252 g/mol. The van der Waals surface area contributed by atoms with Crippen molar-refractivity contribution in [3.63, 3.8) is 0 Å². The smallest absolute Gasteiger partial charge is 0.414 e. The molecule has 4 nitrogen and oxygen atoms in total. The normalized spacial score (nSPS) is 11.4. The topological polar surface area (TPSA) is 42.4 Å². The van der Waals surface area contributed by atoms with Crippen molar-refractivity contribution < 1.29 is 9.53 Å². The molecule has 20 heavy (non-hydrogen) atoms. The maximum Gasteiger partial charge on any atom is 0.414 e. The number of carbonyl (C=O) groups excluding carboxylic acids is 1. The average molecular weight is 272 g/mol. The van der Waals surface area contributed by atoms with Crippen LogP contribution in [-0.4, -0.2) is 23.7 Å². The van der Waals surface area contributed by atoms with Crippen molar-refractivity contribution in [2.75, 3.05) is 11.9 Å². The summed E-state index contributed by atoms with van der Waals surface area (Å²) in [5, 5.41) is 2.00. The van der Waals surface area contributed by atoms with Crippen molar-refractivity contribution in [1.29, 1.82) is 0 Å². The summed E-state index contributed by atoms with van der Waals surface area (Å²) in [5.41, 5.74) is 1.23. The van der Waals surface area contributed by atoms with Crippen LogP contribution in [0.4, 0.5) is 10.5 Å². The number of benzene rings is 1. The number of hydrogen-bond donors (Lipinski definition) is 0. The maximum atomic E-state index is 12.2. The quantitative estimate of drug-likeness (QED) is 0.790. The lowest BCUT2D eigenvalue weighted by molar-refractivity contribution is 0.0590. The third kappa shape index (κ3) is 3.07. The largest absolute Gasteiger partial charge is 0.443 e. The molecule has 1 aromatic carbocycles. The van der Waals surface area contributed by atoms with Gasteiger partial charge in [-0.2, -0.15) is 0 Å². The Bertz CT molecular complexity index is 644. The number of nitrogens with zero attached hydrogens (tertiary/aromatic N) is 2. The molecule has 0 aliphatic carbocycles. The number of amides is 1. The van der Waals surface area contributed by atoms with Gasteiger partial charge in [0.15, 0.2) is 0 Å². The number of rotatable bonds is 1. The van der Waals surface area contributed by atoms with E-state index in [0.717, 1.165) is 22.2 Å². The van der Waals surface area contributed by atoms with E-state index in [0.29, 0.717) is 0 Å². The van der Waals surface area contributed by atoms with Crippen LogP contribution in [0.3, 0.4) is 0 Å². The summed E-state index contributed by atoms with van der Waals surface area (Å²) in [6, 6.07) is 7.78. The van der Waals surface area contributed by atoms with Gasteiger partial charge in [-0.1, -0.05) is 12.1 Å². The van der Waals surface area contributed by atoms with Gasteiger partial charge in [-0.15, -0.1) is 0 Å². The number of aromatic nitrogens is 1. The van der Waals surface area contributed by atoms with Gasteiger partial charge in [0.05, 0.1) is 5.69 Å². The summed E-state index contributed by atoms with van der Waals surface area (Å²) in [6.45, 7) is 7.51. The SMILES string of the molecule is Cc1cc2c(N(C)C(=O)OC(C)(C)C)cccc2cn1. The fourth-order valence-corrected chi connectivity index (χ4v) is 1.98. The zero-order valence-corrected chi connectivity index (χ0v) is 12.6. The van der Waals surface area contributed by atoms with Crippen LogP contribution in [0.25, 0.3) is 10.8 Å². The highest BCUT2D eigenvalue weighted by molar-refractivity contribution is 6.01. The van der Waals surface area contributed by atoms with E-state index < -0.39 is 5.60 Å². The summed E-state index contributed by atoms with van der Waals surface area (Å²) < 4.78 is 5.40. The van der Waals surface area contributed by atoms with Gasteiger partial charge in [0.2, 0.25) is 0 Å². The standard InChI is InChI=1S/C16H20N2O2/c1-11-9-13-12(10-17-11)7-6-8-14(13)18(5)15(19)20-16(2,3)4/h6-10H,1-5H3. The number of carbonyl (C=O) groups is 1. The Morgan fingerprint density at radius 3 is 2.65 bits per heavy atom. The molecule has 0 radical (unpaired) electrons. The third-order valence-corrected chi connectivity index (χ3v) is 2.91. The van der Waals surface area contributed by atoms with Gasteiger partial charge in [0.25, 0.3) is 0 Å². The first kappa shape index (κ1) is 14.3.